The van der Waals surface area contributed by atoms with Crippen LogP contribution in [0.25, 0.3) is 0 Å². The van der Waals surface area contributed by atoms with E-state index in [-0.39, 0.29) is 38.2 Å². The number of carboxylic acid groups (broad SMARTS) is 1. The van der Waals surface area contributed by atoms with Gasteiger partial charge in [-0.3, -0.25) is 4.79 Å². The number of carboxylic acids is 1. The van der Waals surface area contributed by atoms with Crippen LogP contribution < -0.4 is 0 Å². The second kappa shape index (κ2) is 8.52. The van der Waals surface area contributed by atoms with Crippen LogP contribution in [0.4, 0.5) is 4.79 Å². The van der Waals surface area contributed by atoms with Gasteiger partial charge in [-0.1, -0.05) is 19.9 Å². The highest BCUT2D eigenvalue weighted by molar-refractivity contribution is 5.80. The highest BCUT2D eigenvalue weighted by Crippen LogP contribution is 2.04. The Kier molecular flexibility index (Phi) is 7.78. The first-order chi connectivity index (χ1) is 8.42. The van der Waals surface area contributed by atoms with Gasteiger partial charge in [0.05, 0.1) is 6.61 Å². The third-order valence-electron chi connectivity index (χ3n) is 2.17. The Morgan fingerprint density at radius 3 is 2.33 bits per heavy atom. The van der Waals surface area contributed by atoms with Crippen molar-refractivity contribution in [3.8, 4) is 0 Å². The van der Waals surface area contributed by atoms with Gasteiger partial charge in [-0.2, -0.15) is 0 Å². The minimum Gasteiger partial charge on any atom is -0.480 e. The summed E-state index contributed by atoms with van der Waals surface area (Å²) in [4.78, 5) is 25.5. The zero-order chi connectivity index (χ0) is 14.1. The number of aliphatic hydroxyl groups excluding tert-OH is 1. The number of aliphatic carboxylic acids is 1. The van der Waals surface area contributed by atoms with Crippen molar-refractivity contribution < 1.29 is 19.8 Å². The van der Waals surface area contributed by atoms with Gasteiger partial charge in [0.2, 0.25) is 0 Å². The molecule has 0 spiro atoms. The molecule has 0 aromatic carbocycles. The summed E-state index contributed by atoms with van der Waals surface area (Å²) >= 11 is 0. The average Bonchev–Trinajstić information content (AvgIpc) is 2.25. The van der Waals surface area contributed by atoms with E-state index in [4.69, 9.17) is 10.2 Å². The maximum Gasteiger partial charge on any atom is 0.323 e. The summed E-state index contributed by atoms with van der Waals surface area (Å²) in [6, 6.07) is -0.389. The van der Waals surface area contributed by atoms with Crippen molar-refractivity contribution >= 4 is 12.0 Å². The van der Waals surface area contributed by atoms with Crippen molar-refractivity contribution in [3.05, 3.63) is 12.7 Å². The lowest BCUT2D eigenvalue weighted by molar-refractivity contribution is -0.137. The van der Waals surface area contributed by atoms with Crippen molar-refractivity contribution in [2.24, 2.45) is 5.92 Å². The third-order valence-corrected chi connectivity index (χ3v) is 2.17. The number of nitrogens with zero attached hydrogens (tertiary/aromatic N) is 2. The summed E-state index contributed by atoms with van der Waals surface area (Å²) < 4.78 is 0. The topological polar surface area (TPSA) is 81.1 Å². The lowest BCUT2D eigenvalue weighted by Gasteiger charge is -2.29. The average molecular weight is 258 g/mol. The Bertz CT molecular complexity index is 292. The van der Waals surface area contributed by atoms with E-state index in [0.717, 1.165) is 0 Å². The first-order valence-electron chi connectivity index (χ1n) is 5.89. The van der Waals surface area contributed by atoms with E-state index in [1.165, 1.54) is 9.80 Å². The van der Waals surface area contributed by atoms with Gasteiger partial charge in [0.25, 0.3) is 0 Å². The van der Waals surface area contributed by atoms with Crippen molar-refractivity contribution in [1.82, 2.24) is 9.80 Å². The zero-order valence-corrected chi connectivity index (χ0v) is 11.0. The molecule has 2 amide bonds. The molecule has 6 heteroatoms. The van der Waals surface area contributed by atoms with Crippen LogP contribution >= 0.6 is 0 Å². The van der Waals surface area contributed by atoms with Crippen molar-refractivity contribution in [2.45, 2.75) is 13.8 Å². The first kappa shape index (κ1) is 16.4. The number of rotatable bonds is 8. The van der Waals surface area contributed by atoms with Gasteiger partial charge in [-0.05, 0) is 5.92 Å². The molecule has 2 N–H and O–H groups in total. The highest BCUT2D eigenvalue weighted by atomic mass is 16.4. The molecule has 0 aliphatic rings. The summed E-state index contributed by atoms with van der Waals surface area (Å²) in [7, 11) is 0. The lowest BCUT2D eigenvalue weighted by atomic mass is 10.2. The monoisotopic (exact) mass is 258 g/mol. The van der Waals surface area contributed by atoms with Crippen LogP contribution in [0.3, 0.4) is 0 Å². The minimum absolute atomic E-state index is 0.165. The van der Waals surface area contributed by atoms with E-state index in [2.05, 4.69) is 6.58 Å². The van der Waals surface area contributed by atoms with Crippen molar-refractivity contribution in [2.75, 3.05) is 32.8 Å². The molecule has 0 aliphatic heterocycles. The molecule has 6 nitrogen and oxygen atoms in total. The molecule has 0 radical (unpaired) electrons. The number of amides is 2. The Morgan fingerprint density at radius 1 is 1.33 bits per heavy atom. The molecular weight excluding hydrogens is 236 g/mol. The normalized spacial score (nSPS) is 10.2. The molecule has 0 saturated heterocycles. The smallest absolute Gasteiger partial charge is 0.323 e. The van der Waals surface area contributed by atoms with Crippen LogP contribution in [-0.2, 0) is 4.79 Å². The van der Waals surface area contributed by atoms with E-state index in [1.807, 2.05) is 13.8 Å². The molecule has 0 atom stereocenters. The van der Waals surface area contributed by atoms with Crippen molar-refractivity contribution in [3.63, 3.8) is 0 Å². The Balaban J connectivity index is 4.76. The quantitative estimate of drug-likeness (QED) is 0.626. The fourth-order valence-electron chi connectivity index (χ4n) is 1.56. The largest absolute Gasteiger partial charge is 0.480 e. The molecule has 0 bridgehead atoms. The molecule has 0 aromatic rings. The van der Waals surface area contributed by atoms with Crippen molar-refractivity contribution in [1.29, 1.82) is 0 Å². The number of hydrogen-bond donors (Lipinski definition) is 2. The van der Waals surface area contributed by atoms with E-state index in [0.29, 0.717) is 6.54 Å². The maximum atomic E-state index is 12.1. The van der Waals surface area contributed by atoms with E-state index in [1.54, 1.807) is 6.08 Å². The fraction of sp³-hybridized carbons (Fsp3) is 0.667. The second-order valence-corrected chi connectivity index (χ2v) is 4.41. The lowest BCUT2D eigenvalue weighted by Crippen LogP contribution is -2.47. The summed E-state index contributed by atoms with van der Waals surface area (Å²) in [6.07, 6.45) is 1.54. The Morgan fingerprint density at radius 2 is 1.94 bits per heavy atom. The number of hydrogen-bond acceptors (Lipinski definition) is 3. The molecule has 104 valence electrons. The van der Waals surface area contributed by atoms with E-state index in [9.17, 15) is 9.59 Å². The fourth-order valence-corrected chi connectivity index (χ4v) is 1.56. The standard InChI is InChI=1S/C12H22N2O4/c1-4-5-13(6-7-15)12(18)14(8-10(2)3)9-11(16)17/h4,10,15H,1,5-9H2,2-3H3,(H,16,17). The molecule has 0 saturated carbocycles. The number of carbonyl (C=O) groups is 2. The van der Waals surface area contributed by atoms with Crippen LogP contribution in [-0.4, -0.2) is 64.8 Å². The van der Waals surface area contributed by atoms with Gasteiger partial charge >= 0.3 is 12.0 Å². The predicted octanol–water partition coefficient (Wildman–Crippen LogP) is 0.629. The second-order valence-electron chi connectivity index (χ2n) is 4.41. The molecule has 18 heavy (non-hydrogen) atoms. The molecule has 0 heterocycles. The number of aliphatic hydroxyl groups is 1. The first-order valence-corrected chi connectivity index (χ1v) is 5.89. The van der Waals surface area contributed by atoms with Gasteiger partial charge in [-0.15, -0.1) is 6.58 Å². The molecule has 0 fully saturated rings. The van der Waals surface area contributed by atoms with Crippen LogP contribution in [0.2, 0.25) is 0 Å². The van der Waals surface area contributed by atoms with E-state index < -0.39 is 5.97 Å². The van der Waals surface area contributed by atoms with Gasteiger partial charge in [-0.25, -0.2) is 4.79 Å². The Hall–Kier alpha value is -1.56. The predicted molar refractivity (Wildman–Crippen MR) is 68.3 cm³/mol. The molecule has 0 unspecified atom stereocenters. The third kappa shape index (κ3) is 6.24. The Labute approximate surface area is 107 Å². The molecule has 0 rings (SSSR count). The van der Waals surface area contributed by atoms with Crippen LogP contribution in [0.1, 0.15) is 13.8 Å². The van der Waals surface area contributed by atoms with Crippen LogP contribution in [0.5, 0.6) is 0 Å². The van der Waals surface area contributed by atoms with Crippen LogP contribution in [0.15, 0.2) is 12.7 Å². The van der Waals surface area contributed by atoms with Gasteiger partial charge in [0, 0.05) is 19.6 Å². The van der Waals surface area contributed by atoms with Gasteiger partial charge < -0.3 is 20.0 Å². The molecule has 0 aliphatic carbocycles. The minimum atomic E-state index is -1.05. The summed E-state index contributed by atoms with van der Waals surface area (Å²) in [6.45, 7) is 7.67. The number of urea groups is 1. The molecule has 0 aromatic heterocycles. The SMILES string of the molecule is C=CCN(CCO)C(=O)N(CC(=O)O)CC(C)C. The van der Waals surface area contributed by atoms with E-state index >= 15 is 0 Å². The summed E-state index contributed by atoms with van der Waals surface area (Å²) in [5, 5.41) is 17.7. The summed E-state index contributed by atoms with van der Waals surface area (Å²) in [5.74, 6) is -0.875. The summed E-state index contributed by atoms with van der Waals surface area (Å²) in [5.41, 5.74) is 0. The van der Waals surface area contributed by atoms with Gasteiger partial charge in [0.15, 0.2) is 0 Å². The zero-order valence-electron chi connectivity index (χ0n) is 11.0. The maximum absolute atomic E-state index is 12.1. The van der Waals surface area contributed by atoms with Crippen LogP contribution in [0, 0.1) is 5.92 Å². The number of carbonyl (C=O) groups excluding carboxylic acids is 1. The molecular formula is C12H22N2O4. The highest BCUT2D eigenvalue weighted by Gasteiger charge is 2.22. The van der Waals surface area contributed by atoms with Gasteiger partial charge in [0.1, 0.15) is 6.54 Å².